The third-order valence-corrected chi connectivity index (χ3v) is 4.89. The monoisotopic (exact) mass is 262 g/mol. The van der Waals surface area contributed by atoms with Crippen LogP contribution >= 0.6 is 0 Å². The fourth-order valence-corrected chi connectivity index (χ4v) is 3.68. The van der Waals surface area contributed by atoms with Crippen LogP contribution in [-0.4, -0.2) is 59.3 Å². The maximum Gasteiger partial charge on any atom is 0.147 e. The number of aliphatic hydroxyl groups excluding tert-OH is 1. The Morgan fingerprint density at radius 2 is 2.26 bits per heavy atom. The molecule has 0 bridgehead atoms. The summed E-state index contributed by atoms with van der Waals surface area (Å²) < 4.78 is 0. The number of likely N-dealkylation sites (N-methyl/N-ethyl adjacent to an activating group) is 1. The number of rotatable bonds is 2. The zero-order valence-corrected chi connectivity index (χ0v) is 11.5. The van der Waals surface area contributed by atoms with Crippen LogP contribution in [0.15, 0.2) is 18.6 Å². The standard InChI is InChI=1S/C14H22N4O/c1-17-7-2-3-14(11-19)4-8-18(10-12(14)17)13-9-15-5-6-16-13/h5-6,9,12,19H,2-4,7-8,10-11H2,1H3/t12-,14-/m1/s1. The molecule has 1 N–H and O–H groups in total. The summed E-state index contributed by atoms with van der Waals surface area (Å²) >= 11 is 0. The van der Waals surface area contributed by atoms with Gasteiger partial charge in [0.15, 0.2) is 0 Å². The van der Waals surface area contributed by atoms with Crippen molar-refractivity contribution < 1.29 is 5.11 Å². The third kappa shape index (κ3) is 2.21. The first-order valence-electron chi connectivity index (χ1n) is 7.07. The molecule has 19 heavy (non-hydrogen) atoms. The van der Waals surface area contributed by atoms with E-state index in [0.29, 0.717) is 12.6 Å². The number of piperidine rings is 2. The summed E-state index contributed by atoms with van der Waals surface area (Å²) in [7, 11) is 2.18. The van der Waals surface area contributed by atoms with E-state index in [4.69, 9.17) is 0 Å². The first-order valence-corrected chi connectivity index (χ1v) is 7.07. The molecule has 2 aliphatic heterocycles. The van der Waals surface area contributed by atoms with Crippen LogP contribution in [-0.2, 0) is 0 Å². The second-order valence-electron chi connectivity index (χ2n) is 5.88. The number of aromatic nitrogens is 2. The molecule has 2 fully saturated rings. The molecule has 3 heterocycles. The van der Waals surface area contributed by atoms with Gasteiger partial charge in [0.05, 0.1) is 12.8 Å². The molecule has 2 aliphatic rings. The lowest BCUT2D eigenvalue weighted by atomic mass is 9.69. The van der Waals surface area contributed by atoms with E-state index in [1.807, 2.05) is 6.20 Å². The van der Waals surface area contributed by atoms with Crippen LogP contribution in [0.2, 0.25) is 0 Å². The van der Waals surface area contributed by atoms with Crippen molar-refractivity contribution in [3.63, 3.8) is 0 Å². The molecule has 5 nitrogen and oxygen atoms in total. The van der Waals surface area contributed by atoms with Crippen molar-refractivity contribution in [2.45, 2.75) is 25.3 Å². The van der Waals surface area contributed by atoms with Crippen LogP contribution in [0, 0.1) is 5.41 Å². The number of fused-ring (bicyclic) bond motifs is 1. The van der Waals surface area contributed by atoms with Gasteiger partial charge < -0.3 is 14.9 Å². The van der Waals surface area contributed by atoms with E-state index >= 15 is 0 Å². The number of hydrogen-bond acceptors (Lipinski definition) is 5. The number of likely N-dealkylation sites (tertiary alicyclic amines) is 1. The van der Waals surface area contributed by atoms with E-state index in [1.165, 1.54) is 6.42 Å². The van der Waals surface area contributed by atoms with E-state index in [-0.39, 0.29) is 5.41 Å². The number of aliphatic hydroxyl groups is 1. The zero-order valence-electron chi connectivity index (χ0n) is 11.5. The molecule has 0 unspecified atom stereocenters. The fourth-order valence-electron chi connectivity index (χ4n) is 3.68. The Kier molecular flexibility index (Phi) is 3.41. The highest BCUT2D eigenvalue weighted by Crippen LogP contribution is 2.42. The summed E-state index contributed by atoms with van der Waals surface area (Å²) in [5.41, 5.74) is 0.0890. The first kappa shape index (κ1) is 12.8. The maximum absolute atomic E-state index is 9.88. The highest BCUT2D eigenvalue weighted by atomic mass is 16.3. The van der Waals surface area contributed by atoms with Gasteiger partial charge in [0.25, 0.3) is 0 Å². The van der Waals surface area contributed by atoms with Gasteiger partial charge >= 0.3 is 0 Å². The van der Waals surface area contributed by atoms with Gasteiger partial charge in [-0.1, -0.05) is 0 Å². The van der Waals surface area contributed by atoms with Crippen LogP contribution in [0.1, 0.15) is 19.3 Å². The van der Waals surface area contributed by atoms with Gasteiger partial charge in [-0.05, 0) is 32.9 Å². The van der Waals surface area contributed by atoms with Gasteiger partial charge in [-0.3, -0.25) is 4.98 Å². The average molecular weight is 262 g/mol. The molecule has 0 aliphatic carbocycles. The Hall–Kier alpha value is -1.20. The summed E-state index contributed by atoms with van der Waals surface area (Å²) in [6.45, 7) is 3.33. The quantitative estimate of drug-likeness (QED) is 0.853. The predicted molar refractivity (Wildman–Crippen MR) is 74.0 cm³/mol. The third-order valence-electron chi connectivity index (χ3n) is 4.89. The predicted octanol–water partition coefficient (Wildman–Crippen LogP) is 0.760. The molecular formula is C14H22N4O. The molecular weight excluding hydrogens is 240 g/mol. The maximum atomic E-state index is 9.88. The Morgan fingerprint density at radius 3 is 3.00 bits per heavy atom. The van der Waals surface area contributed by atoms with Crippen LogP contribution in [0.25, 0.3) is 0 Å². The van der Waals surface area contributed by atoms with E-state index in [2.05, 4.69) is 26.8 Å². The van der Waals surface area contributed by atoms with Crippen molar-refractivity contribution in [1.29, 1.82) is 0 Å². The van der Waals surface area contributed by atoms with Gasteiger partial charge in [0.2, 0.25) is 0 Å². The van der Waals surface area contributed by atoms with Crippen LogP contribution in [0.5, 0.6) is 0 Å². The first-order chi connectivity index (χ1) is 9.25. The summed E-state index contributed by atoms with van der Waals surface area (Å²) in [6, 6.07) is 0.419. The molecule has 0 saturated carbocycles. The van der Waals surface area contributed by atoms with Gasteiger partial charge in [-0.2, -0.15) is 0 Å². The molecule has 5 heteroatoms. The van der Waals surface area contributed by atoms with E-state index in [0.717, 1.165) is 38.3 Å². The summed E-state index contributed by atoms with van der Waals surface area (Å²) in [5, 5.41) is 9.88. The molecule has 2 atom stereocenters. The lowest BCUT2D eigenvalue weighted by molar-refractivity contribution is -0.0277. The van der Waals surface area contributed by atoms with Crippen LogP contribution < -0.4 is 4.90 Å². The molecule has 3 rings (SSSR count). The molecule has 0 spiro atoms. The van der Waals surface area contributed by atoms with Crippen LogP contribution in [0.3, 0.4) is 0 Å². The Morgan fingerprint density at radius 1 is 1.37 bits per heavy atom. The summed E-state index contributed by atoms with van der Waals surface area (Å²) in [4.78, 5) is 13.3. The minimum Gasteiger partial charge on any atom is -0.396 e. The molecule has 104 valence electrons. The largest absolute Gasteiger partial charge is 0.396 e. The van der Waals surface area contributed by atoms with Crippen molar-refractivity contribution >= 4 is 5.82 Å². The second kappa shape index (κ2) is 5.06. The molecule has 0 aromatic carbocycles. The summed E-state index contributed by atoms with van der Waals surface area (Å²) in [6.07, 6.45) is 8.65. The topological polar surface area (TPSA) is 52.5 Å². The smallest absolute Gasteiger partial charge is 0.147 e. The number of nitrogens with zero attached hydrogens (tertiary/aromatic N) is 4. The lowest BCUT2D eigenvalue weighted by Gasteiger charge is -2.53. The lowest BCUT2D eigenvalue weighted by Crippen LogP contribution is -2.61. The molecule has 1 aromatic heterocycles. The van der Waals surface area contributed by atoms with Crippen molar-refractivity contribution in [2.24, 2.45) is 5.41 Å². The second-order valence-corrected chi connectivity index (χ2v) is 5.88. The molecule has 0 radical (unpaired) electrons. The van der Waals surface area contributed by atoms with Gasteiger partial charge in [-0.15, -0.1) is 0 Å². The highest BCUT2D eigenvalue weighted by molar-refractivity contribution is 5.37. The van der Waals surface area contributed by atoms with Gasteiger partial charge in [-0.25, -0.2) is 4.98 Å². The Balaban J connectivity index is 1.81. The van der Waals surface area contributed by atoms with Gasteiger partial charge in [0, 0.05) is 36.9 Å². The van der Waals surface area contributed by atoms with Crippen molar-refractivity contribution in [2.75, 3.05) is 38.2 Å². The highest BCUT2D eigenvalue weighted by Gasteiger charge is 2.46. The van der Waals surface area contributed by atoms with Crippen molar-refractivity contribution in [1.82, 2.24) is 14.9 Å². The Bertz CT molecular complexity index is 427. The average Bonchev–Trinajstić information content (AvgIpc) is 2.48. The van der Waals surface area contributed by atoms with Crippen molar-refractivity contribution in [3.8, 4) is 0 Å². The van der Waals surface area contributed by atoms with Gasteiger partial charge in [0.1, 0.15) is 5.82 Å². The number of hydrogen-bond donors (Lipinski definition) is 1. The molecule has 1 aromatic rings. The molecule has 2 saturated heterocycles. The van der Waals surface area contributed by atoms with Crippen LogP contribution in [0.4, 0.5) is 5.82 Å². The number of anilines is 1. The zero-order chi connectivity index (χ0) is 13.3. The van der Waals surface area contributed by atoms with Crippen molar-refractivity contribution in [3.05, 3.63) is 18.6 Å². The Labute approximate surface area is 114 Å². The van der Waals surface area contributed by atoms with E-state index in [9.17, 15) is 5.11 Å². The van der Waals surface area contributed by atoms with E-state index in [1.54, 1.807) is 12.4 Å². The molecule has 0 amide bonds. The minimum absolute atomic E-state index is 0.0890. The van der Waals surface area contributed by atoms with E-state index < -0.39 is 0 Å². The fraction of sp³-hybridized carbons (Fsp3) is 0.714. The summed E-state index contributed by atoms with van der Waals surface area (Å²) in [5.74, 6) is 0.952. The SMILES string of the molecule is CN1CCC[C@]2(CO)CCN(c3cnccn3)C[C@@H]12. The normalized spacial score (nSPS) is 32.1. The minimum atomic E-state index is 0.0890.